The number of amides is 1. The minimum absolute atomic E-state index is 0.0566. The number of phenols is 1. The number of imidazole rings is 1. The lowest BCUT2D eigenvalue weighted by atomic mass is 9.95. The first-order chi connectivity index (χ1) is 27.0. The van der Waals surface area contributed by atoms with Crippen LogP contribution in [0.25, 0.3) is 32.9 Å². The number of anilines is 1. The molecule has 9 rings (SSSR count). The Kier molecular flexibility index (Phi) is 8.56. The van der Waals surface area contributed by atoms with Gasteiger partial charge < -0.3 is 29.6 Å². The van der Waals surface area contributed by atoms with Crippen LogP contribution in [0.3, 0.4) is 0 Å². The number of phenolic OH excluding ortho intramolecular Hbond substituents is 1. The molecule has 2 bridgehead atoms. The van der Waals surface area contributed by atoms with E-state index in [9.17, 15) is 28.8 Å². The molecule has 18 heteroatoms. The van der Waals surface area contributed by atoms with Gasteiger partial charge in [-0.15, -0.1) is 6.42 Å². The van der Waals surface area contributed by atoms with Crippen molar-refractivity contribution in [2.75, 3.05) is 37.7 Å². The predicted molar refractivity (Wildman–Crippen MR) is 195 cm³/mol. The zero-order valence-corrected chi connectivity index (χ0v) is 29.8. The van der Waals surface area contributed by atoms with Gasteiger partial charge in [-0.3, -0.25) is 14.8 Å². The number of aromatic nitrogens is 5. The summed E-state index contributed by atoms with van der Waals surface area (Å²) in [6.07, 6.45) is 11.2. The molecule has 2 unspecified atom stereocenters. The monoisotopic (exact) mass is 769 g/mol. The first-order valence-electron chi connectivity index (χ1n) is 18.2. The fourth-order valence-corrected chi connectivity index (χ4v) is 9.06. The van der Waals surface area contributed by atoms with Gasteiger partial charge in [-0.05, 0) is 60.7 Å². The number of carbonyl (C=O) groups excluding carboxylic acids is 1. The number of pyridine rings is 1. The summed E-state index contributed by atoms with van der Waals surface area (Å²) in [5.41, 5.74) is -1.00. The number of terminal acetylenes is 1. The van der Waals surface area contributed by atoms with E-state index in [2.05, 4.69) is 25.8 Å². The molecule has 3 aromatic heterocycles. The molecule has 4 atom stereocenters. The van der Waals surface area contributed by atoms with Crippen LogP contribution >= 0.6 is 0 Å². The number of piperazine rings is 1. The zero-order valence-electron chi connectivity index (χ0n) is 29.8. The summed E-state index contributed by atoms with van der Waals surface area (Å²) >= 11 is 0. The third-order valence-corrected chi connectivity index (χ3v) is 11.5. The Morgan fingerprint density at radius 2 is 1.95 bits per heavy atom. The lowest BCUT2D eigenvalue weighted by molar-refractivity contribution is -0.397. The largest absolute Gasteiger partial charge is 0.508 e. The molecule has 4 fully saturated rings. The predicted octanol–water partition coefficient (Wildman–Crippen LogP) is 5.32. The number of benzene rings is 2. The van der Waals surface area contributed by atoms with E-state index in [1.807, 2.05) is 4.90 Å². The van der Waals surface area contributed by atoms with Gasteiger partial charge in [-0.25, -0.2) is 18.0 Å². The lowest BCUT2D eigenvalue weighted by Gasteiger charge is -2.41. The van der Waals surface area contributed by atoms with Gasteiger partial charge in [0, 0.05) is 43.2 Å². The maximum absolute atomic E-state index is 17.1. The SMILES string of the molecule is C#Cc1c(F)ccc2cc(O)cc(-c3ncc4c(N5CC6CCC(C5)N6C(=O)OCn5ccnc5[N+](=O)[O-])nc(OC[C@@]56CCCN5C[C@H](F)C6)nc4c3F)c12. The van der Waals surface area contributed by atoms with Gasteiger partial charge in [-0.2, -0.15) is 14.5 Å². The van der Waals surface area contributed by atoms with Crippen molar-refractivity contribution < 1.29 is 37.5 Å². The molecule has 2 aromatic carbocycles. The molecule has 4 aliphatic rings. The molecule has 7 heterocycles. The van der Waals surface area contributed by atoms with E-state index in [-0.39, 0.29) is 76.7 Å². The Bertz CT molecular complexity index is 2460. The minimum atomic E-state index is -0.999. The van der Waals surface area contributed by atoms with Gasteiger partial charge >= 0.3 is 18.1 Å². The molecular formula is C38H34F3N9O6. The first kappa shape index (κ1) is 35.5. The van der Waals surface area contributed by atoms with Crippen LogP contribution < -0.4 is 9.64 Å². The van der Waals surface area contributed by atoms with Crippen LogP contribution in [0.1, 0.15) is 37.7 Å². The standard InChI is InChI=1S/C38H34F3N9O6/c1-2-26-29(40)7-4-21-12-25(51)13-27(30(21)26)32-31(41)33-28(15-43-32)34(45-35(44-33)55-19-38-8-3-10-48(38)16-22(39)14-38)47-17-23-5-6-24(18-47)49(23)37(52)56-20-46-11-9-42-36(46)50(53)54/h1,4,7,9,11-13,15,22-24,51H,3,5-6,8,10,14,16-20H2/t22-,23?,24?,38+/m1/s1. The highest BCUT2D eigenvalue weighted by atomic mass is 19.1. The van der Waals surface area contributed by atoms with E-state index in [1.54, 1.807) is 4.90 Å². The number of alkyl halides is 1. The number of hydrogen-bond donors (Lipinski definition) is 1. The number of hydrogen-bond acceptors (Lipinski definition) is 12. The van der Waals surface area contributed by atoms with Crippen molar-refractivity contribution in [3.05, 3.63) is 70.2 Å². The van der Waals surface area contributed by atoms with Gasteiger partial charge in [0.05, 0.1) is 28.6 Å². The van der Waals surface area contributed by atoms with Gasteiger partial charge in [0.2, 0.25) is 6.73 Å². The van der Waals surface area contributed by atoms with Crippen LogP contribution in [0.15, 0.2) is 42.9 Å². The molecular weight excluding hydrogens is 735 g/mol. The van der Waals surface area contributed by atoms with Crippen molar-refractivity contribution in [1.82, 2.24) is 34.3 Å². The van der Waals surface area contributed by atoms with Crippen LogP contribution in [0.5, 0.6) is 11.8 Å². The minimum Gasteiger partial charge on any atom is -0.508 e. The molecule has 4 saturated heterocycles. The highest BCUT2D eigenvalue weighted by molar-refractivity contribution is 6.03. The van der Waals surface area contributed by atoms with Crippen molar-refractivity contribution in [3.63, 3.8) is 0 Å². The summed E-state index contributed by atoms with van der Waals surface area (Å²) in [6.45, 7) is 1.28. The number of nitrogens with zero attached hydrogens (tertiary/aromatic N) is 9. The van der Waals surface area contributed by atoms with Crippen molar-refractivity contribution in [1.29, 1.82) is 0 Å². The number of nitro groups is 1. The molecule has 15 nitrogen and oxygen atoms in total. The maximum atomic E-state index is 17.1. The smallest absolute Gasteiger partial charge is 0.437 e. The maximum Gasteiger partial charge on any atom is 0.437 e. The number of ether oxygens (including phenoxy) is 2. The van der Waals surface area contributed by atoms with E-state index in [0.29, 0.717) is 37.0 Å². The molecule has 0 spiro atoms. The van der Waals surface area contributed by atoms with E-state index in [0.717, 1.165) is 24.0 Å². The summed E-state index contributed by atoms with van der Waals surface area (Å²) in [7, 11) is 0. The number of halogens is 3. The highest BCUT2D eigenvalue weighted by Gasteiger charge is 2.50. The Balaban J connectivity index is 1.08. The van der Waals surface area contributed by atoms with Crippen LogP contribution in [-0.4, -0.2) is 107 Å². The van der Waals surface area contributed by atoms with Crippen molar-refractivity contribution in [2.24, 2.45) is 0 Å². The van der Waals surface area contributed by atoms with Gasteiger partial charge in [0.1, 0.15) is 53.8 Å². The number of fused-ring (bicyclic) bond motifs is 5. The Labute approximate surface area is 316 Å². The average molecular weight is 770 g/mol. The topological polar surface area (TPSA) is 165 Å². The Hall–Kier alpha value is -6.22. The molecule has 5 aromatic rings. The third kappa shape index (κ3) is 5.84. The molecule has 56 heavy (non-hydrogen) atoms. The second-order valence-electron chi connectivity index (χ2n) is 14.7. The summed E-state index contributed by atoms with van der Waals surface area (Å²) in [5.74, 6) is 0.382. The van der Waals surface area contributed by atoms with Gasteiger partial charge in [-0.1, -0.05) is 17.0 Å². The molecule has 0 saturated carbocycles. The van der Waals surface area contributed by atoms with Crippen molar-refractivity contribution in [3.8, 4) is 35.4 Å². The van der Waals surface area contributed by atoms with E-state index >= 15 is 4.39 Å². The lowest BCUT2D eigenvalue weighted by Crippen LogP contribution is -2.56. The average Bonchev–Trinajstić information content (AvgIpc) is 3.94. The number of rotatable bonds is 8. The quantitative estimate of drug-likeness (QED) is 0.123. The van der Waals surface area contributed by atoms with Crippen molar-refractivity contribution >= 4 is 39.5 Å². The zero-order chi connectivity index (χ0) is 38.9. The van der Waals surface area contributed by atoms with E-state index in [4.69, 9.17) is 20.9 Å². The fraction of sp³-hybridized carbons (Fsp3) is 0.395. The van der Waals surface area contributed by atoms with E-state index < -0.39 is 47.0 Å². The molecule has 1 N–H and O–H groups in total. The number of aromatic hydroxyl groups is 1. The van der Waals surface area contributed by atoms with Crippen molar-refractivity contribution in [2.45, 2.75) is 62.6 Å². The molecule has 288 valence electrons. The second-order valence-corrected chi connectivity index (χ2v) is 14.7. The molecule has 4 aliphatic heterocycles. The van der Waals surface area contributed by atoms with Crippen LogP contribution in [0.2, 0.25) is 0 Å². The number of carbonyl (C=O) groups is 1. The van der Waals surface area contributed by atoms with Crippen LogP contribution in [0.4, 0.5) is 29.7 Å². The van der Waals surface area contributed by atoms with E-state index in [1.165, 1.54) is 42.9 Å². The summed E-state index contributed by atoms with van der Waals surface area (Å²) in [6, 6.07) is 4.45. The molecule has 0 radical (unpaired) electrons. The summed E-state index contributed by atoms with van der Waals surface area (Å²) in [4.78, 5) is 47.0. The fourth-order valence-electron chi connectivity index (χ4n) is 9.06. The first-order valence-corrected chi connectivity index (χ1v) is 18.2. The van der Waals surface area contributed by atoms with Gasteiger partial charge in [0.25, 0.3) is 0 Å². The summed E-state index contributed by atoms with van der Waals surface area (Å²) < 4.78 is 59.5. The molecule has 0 aliphatic carbocycles. The second kappa shape index (κ2) is 13.5. The highest BCUT2D eigenvalue weighted by Crippen LogP contribution is 2.42. The van der Waals surface area contributed by atoms with Gasteiger partial charge in [0.15, 0.2) is 5.82 Å². The van der Waals surface area contributed by atoms with Crippen LogP contribution in [-0.2, 0) is 11.5 Å². The third-order valence-electron chi connectivity index (χ3n) is 11.5. The summed E-state index contributed by atoms with van der Waals surface area (Å²) in [5, 5.41) is 22.7. The normalized spacial score (nSPS) is 23.1. The van der Waals surface area contributed by atoms with Crippen LogP contribution in [0, 0.1) is 34.1 Å². The molecule has 1 amide bonds. The Morgan fingerprint density at radius 3 is 2.71 bits per heavy atom. The Morgan fingerprint density at radius 1 is 1.14 bits per heavy atom.